The molecule has 2 rings (SSSR count). The first kappa shape index (κ1) is 15.8. The molecule has 0 amide bonds. The molecule has 4 nitrogen and oxygen atoms in total. The molecule has 0 spiro atoms. The summed E-state index contributed by atoms with van der Waals surface area (Å²) in [5.41, 5.74) is 1.19. The van der Waals surface area contributed by atoms with Gasteiger partial charge in [0, 0.05) is 12.6 Å². The monoisotopic (exact) mass is 291 g/mol. The topological polar surface area (TPSA) is 58.6 Å². The van der Waals surface area contributed by atoms with E-state index in [1.165, 1.54) is 5.56 Å². The zero-order chi connectivity index (χ0) is 15.2. The molecule has 2 N–H and O–H groups in total. The highest BCUT2D eigenvalue weighted by Gasteiger charge is 2.25. The van der Waals surface area contributed by atoms with Crippen LogP contribution in [-0.4, -0.2) is 29.8 Å². The van der Waals surface area contributed by atoms with Crippen LogP contribution in [0.4, 0.5) is 0 Å². The van der Waals surface area contributed by atoms with Crippen LogP contribution < -0.4 is 10.1 Å². The van der Waals surface area contributed by atoms with Gasteiger partial charge in [-0.1, -0.05) is 12.1 Å². The van der Waals surface area contributed by atoms with Crippen molar-refractivity contribution in [2.45, 2.75) is 51.7 Å². The van der Waals surface area contributed by atoms with Gasteiger partial charge in [-0.15, -0.1) is 0 Å². The summed E-state index contributed by atoms with van der Waals surface area (Å²) < 4.78 is 5.89. The highest BCUT2D eigenvalue weighted by Crippen LogP contribution is 2.24. The van der Waals surface area contributed by atoms with Gasteiger partial charge in [0.2, 0.25) is 0 Å². The van der Waals surface area contributed by atoms with E-state index in [-0.39, 0.29) is 12.0 Å². The fraction of sp³-hybridized carbons (Fsp3) is 0.588. The second-order valence-corrected chi connectivity index (χ2v) is 6.04. The molecule has 1 saturated carbocycles. The van der Waals surface area contributed by atoms with E-state index in [4.69, 9.17) is 9.84 Å². The molecule has 0 radical (unpaired) electrons. The van der Waals surface area contributed by atoms with Crippen molar-refractivity contribution in [3.8, 4) is 5.75 Å². The van der Waals surface area contributed by atoms with Crippen LogP contribution in [0.15, 0.2) is 24.3 Å². The summed E-state index contributed by atoms with van der Waals surface area (Å²) in [4.78, 5) is 10.9. The van der Waals surface area contributed by atoms with Gasteiger partial charge in [0.15, 0.2) is 0 Å². The van der Waals surface area contributed by atoms with Crippen molar-refractivity contribution in [3.63, 3.8) is 0 Å². The second-order valence-electron chi connectivity index (χ2n) is 6.04. The Balaban J connectivity index is 1.70. The smallest absolute Gasteiger partial charge is 0.306 e. The Hall–Kier alpha value is -1.55. The number of aryl methyl sites for hydroxylation is 1. The van der Waals surface area contributed by atoms with Gasteiger partial charge in [0.25, 0.3) is 0 Å². The number of carboxylic acids is 1. The number of hydrogen-bond donors (Lipinski definition) is 2. The second kappa shape index (κ2) is 7.46. The van der Waals surface area contributed by atoms with Gasteiger partial charge in [0.1, 0.15) is 11.9 Å². The van der Waals surface area contributed by atoms with Crippen molar-refractivity contribution in [1.82, 2.24) is 5.32 Å². The summed E-state index contributed by atoms with van der Waals surface area (Å²) in [6.45, 7) is 4.89. The van der Waals surface area contributed by atoms with Crippen molar-refractivity contribution in [2.24, 2.45) is 5.92 Å². The number of aliphatic carboxylic acids is 1. The zero-order valence-electron chi connectivity index (χ0n) is 12.8. The van der Waals surface area contributed by atoms with E-state index in [9.17, 15) is 4.79 Å². The molecular formula is C17H25NO3. The Bertz CT molecular complexity index is 467. The molecule has 116 valence electrons. The maximum atomic E-state index is 10.9. The van der Waals surface area contributed by atoms with Gasteiger partial charge in [-0.05, 0) is 57.2 Å². The maximum absolute atomic E-state index is 10.9. The van der Waals surface area contributed by atoms with Crippen LogP contribution in [0, 0.1) is 12.8 Å². The third-order valence-corrected chi connectivity index (χ3v) is 4.10. The molecule has 1 aromatic carbocycles. The van der Waals surface area contributed by atoms with Crippen LogP contribution in [0.25, 0.3) is 0 Å². The Kier molecular flexibility index (Phi) is 5.62. The predicted octanol–water partition coefficient (Wildman–Crippen LogP) is 3.00. The van der Waals surface area contributed by atoms with Crippen molar-refractivity contribution in [1.29, 1.82) is 0 Å². The molecule has 1 fully saturated rings. The molecule has 21 heavy (non-hydrogen) atoms. The lowest BCUT2D eigenvalue weighted by Gasteiger charge is -2.28. The van der Waals surface area contributed by atoms with Crippen molar-refractivity contribution < 1.29 is 14.6 Å². The number of hydrogen-bond acceptors (Lipinski definition) is 3. The van der Waals surface area contributed by atoms with Crippen LogP contribution in [0.2, 0.25) is 0 Å². The van der Waals surface area contributed by atoms with Crippen molar-refractivity contribution in [3.05, 3.63) is 29.8 Å². The van der Waals surface area contributed by atoms with Crippen LogP contribution in [0.5, 0.6) is 5.75 Å². The Morgan fingerprint density at radius 2 is 2.10 bits per heavy atom. The fourth-order valence-electron chi connectivity index (χ4n) is 2.84. The van der Waals surface area contributed by atoms with Crippen LogP contribution in [-0.2, 0) is 4.79 Å². The number of carboxylic acid groups (broad SMARTS) is 1. The third-order valence-electron chi connectivity index (χ3n) is 4.10. The minimum atomic E-state index is -0.649. The first-order chi connectivity index (χ1) is 10.0. The maximum Gasteiger partial charge on any atom is 0.306 e. The van der Waals surface area contributed by atoms with Crippen LogP contribution in [0.3, 0.4) is 0 Å². The molecule has 1 atom stereocenters. The highest BCUT2D eigenvalue weighted by atomic mass is 16.5. The zero-order valence-corrected chi connectivity index (χ0v) is 12.8. The van der Waals surface area contributed by atoms with Crippen LogP contribution in [0.1, 0.15) is 38.2 Å². The van der Waals surface area contributed by atoms with E-state index in [2.05, 4.69) is 25.2 Å². The Morgan fingerprint density at radius 1 is 1.38 bits per heavy atom. The summed E-state index contributed by atoms with van der Waals surface area (Å²) in [6, 6.07) is 8.48. The fourth-order valence-corrected chi connectivity index (χ4v) is 2.84. The minimum absolute atomic E-state index is 0.101. The van der Waals surface area contributed by atoms with Gasteiger partial charge < -0.3 is 15.2 Å². The molecule has 0 heterocycles. The lowest BCUT2D eigenvalue weighted by molar-refractivity contribution is -0.142. The lowest BCUT2D eigenvalue weighted by Crippen LogP contribution is -2.39. The molecule has 0 bridgehead atoms. The van der Waals surface area contributed by atoms with Gasteiger partial charge in [-0.3, -0.25) is 4.79 Å². The summed E-state index contributed by atoms with van der Waals surface area (Å²) >= 11 is 0. The number of rotatable bonds is 6. The van der Waals surface area contributed by atoms with Gasteiger partial charge in [0.05, 0.1) is 5.92 Å². The first-order valence-electron chi connectivity index (χ1n) is 7.74. The SMILES string of the molecule is Cc1cccc(OC(C)CNC2CCC(C(=O)O)CC2)c1. The predicted molar refractivity (Wildman–Crippen MR) is 82.7 cm³/mol. The van der Waals surface area contributed by atoms with Crippen molar-refractivity contribution in [2.75, 3.05) is 6.54 Å². The molecule has 4 heteroatoms. The number of ether oxygens (including phenoxy) is 1. The molecule has 1 unspecified atom stereocenters. The van der Waals surface area contributed by atoms with E-state index in [0.717, 1.165) is 38.0 Å². The quantitative estimate of drug-likeness (QED) is 0.846. The van der Waals surface area contributed by atoms with Gasteiger partial charge >= 0.3 is 5.97 Å². The summed E-state index contributed by atoms with van der Waals surface area (Å²) in [7, 11) is 0. The summed E-state index contributed by atoms with van der Waals surface area (Å²) in [5, 5.41) is 12.5. The lowest BCUT2D eigenvalue weighted by atomic mass is 9.86. The van der Waals surface area contributed by atoms with Crippen molar-refractivity contribution >= 4 is 5.97 Å². The largest absolute Gasteiger partial charge is 0.489 e. The summed E-state index contributed by atoms with van der Waals surface area (Å²) in [6.07, 6.45) is 3.53. The van der Waals surface area contributed by atoms with Gasteiger partial charge in [-0.25, -0.2) is 0 Å². The van der Waals surface area contributed by atoms with E-state index >= 15 is 0 Å². The van der Waals surface area contributed by atoms with E-state index < -0.39 is 5.97 Å². The normalized spacial score (nSPS) is 23.5. The number of nitrogens with one attached hydrogen (secondary N) is 1. The number of benzene rings is 1. The number of carbonyl (C=O) groups is 1. The Morgan fingerprint density at radius 3 is 2.71 bits per heavy atom. The molecule has 0 saturated heterocycles. The Labute approximate surface area is 126 Å². The highest BCUT2D eigenvalue weighted by molar-refractivity contribution is 5.70. The summed E-state index contributed by atoms with van der Waals surface area (Å²) in [5.74, 6) is 0.104. The molecule has 0 aliphatic heterocycles. The molecule has 1 aromatic rings. The average Bonchev–Trinajstić information content (AvgIpc) is 2.45. The molecule has 1 aliphatic carbocycles. The van der Waals surface area contributed by atoms with Crippen LogP contribution >= 0.6 is 0 Å². The van der Waals surface area contributed by atoms with E-state index in [1.54, 1.807) is 0 Å². The molecule has 0 aromatic heterocycles. The van der Waals surface area contributed by atoms with Gasteiger partial charge in [-0.2, -0.15) is 0 Å². The molecule has 1 aliphatic rings. The molecular weight excluding hydrogens is 266 g/mol. The third kappa shape index (κ3) is 5.05. The van der Waals surface area contributed by atoms with E-state index in [0.29, 0.717) is 6.04 Å². The average molecular weight is 291 g/mol. The standard InChI is InChI=1S/C17H25NO3/c1-12-4-3-5-16(10-12)21-13(2)11-18-15-8-6-14(7-9-15)17(19)20/h3-5,10,13-15,18H,6-9,11H2,1-2H3,(H,19,20). The van der Waals surface area contributed by atoms with E-state index in [1.807, 2.05) is 18.2 Å². The minimum Gasteiger partial charge on any atom is -0.489 e. The first-order valence-corrected chi connectivity index (χ1v) is 7.74.